The van der Waals surface area contributed by atoms with Crippen molar-refractivity contribution in [3.8, 4) is 0 Å². The number of nitrogens with one attached hydrogen (secondary N) is 2. The van der Waals surface area contributed by atoms with Crippen molar-refractivity contribution < 1.29 is 4.79 Å². The lowest BCUT2D eigenvalue weighted by Gasteiger charge is -2.47. The minimum atomic E-state index is 0.0273. The van der Waals surface area contributed by atoms with Gasteiger partial charge in [0.2, 0.25) is 0 Å². The Labute approximate surface area is 134 Å². The van der Waals surface area contributed by atoms with Gasteiger partial charge in [-0.25, -0.2) is 4.79 Å². The van der Waals surface area contributed by atoms with E-state index in [2.05, 4.69) is 34.4 Å². The molecule has 0 aromatic rings. The molecular formula is C17H32N4O. The van der Waals surface area contributed by atoms with Crippen molar-refractivity contribution in [2.75, 3.05) is 26.7 Å². The summed E-state index contributed by atoms with van der Waals surface area (Å²) in [7, 11) is 2.25. The van der Waals surface area contributed by atoms with E-state index in [9.17, 15) is 4.79 Å². The number of hydrogen-bond acceptors (Lipinski definition) is 3. The Morgan fingerprint density at radius 2 is 1.86 bits per heavy atom. The van der Waals surface area contributed by atoms with Crippen molar-refractivity contribution in [1.29, 1.82) is 0 Å². The number of urea groups is 1. The number of nitrogens with zero attached hydrogens (tertiary/aromatic N) is 2. The number of rotatable bonds is 6. The van der Waals surface area contributed by atoms with Gasteiger partial charge in [-0.15, -0.1) is 0 Å². The number of likely N-dealkylation sites (N-methyl/N-ethyl adjacent to an activating group) is 1. The van der Waals surface area contributed by atoms with Gasteiger partial charge < -0.3 is 15.5 Å². The Morgan fingerprint density at radius 3 is 2.45 bits per heavy atom. The van der Waals surface area contributed by atoms with E-state index in [4.69, 9.17) is 0 Å². The van der Waals surface area contributed by atoms with Crippen LogP contribution in [0.3, 0.4) is 0 Å². The molecule has 0 aromatic heterocycles. The minimum absolute atomic E-state index is 0.0273. The number of hydrogen-bond donors (Lipinski definition) is 2. The van der Waals surface area contributed by atoms with Crippen LogP contribution < -0.4 is 10.6 Å². The fraction of sp³-hybridized carbons (Fsp3) is 0.941. The maximum Gasteiger partial charge on any atom is 0.315 e. The highest BCUT2D eigenvalue weighted by molar-refractivity contribution is 5.74. The smallest absolute Gasteiger partial charge is 0.315 e. The van der Waals surface area contributed by atoms with E-state index in [1.165, 1.54) is 32.1 Å². The molecule has 22 heavy (non-hydrogen) atoms. The summed E-state index contributed by atoms with van der Waals surface area (Å²) in [6, 6.07) is 2.51. The van der Waals surface area contributed by atoms with Gasteiger partial charge in [-0.1, -0.05) is 13.3 Å². The predicted molar refractivity (Wildman–Crippen MR) is 89.0 cm³/mol. The van der Waals surface area contributed by atoms with Gasteiger partial charge in [0.25, 0.3) is 0 Å². The Bertz CT molecular complexity index is 371. The molecule has 1 saturated carbocycles. The average Bonchev–Trinajstić information content (AvgIpc) is 3.29. The van der Waals surface area contributed by atoms with Crippen molar-refractivity contribution in [3.63, 3.8) is 0 Å². The third kappa shape index (κ3) is 3.93. The number of piperidine rings is 2. The van der Waals surface area contributed by atoms with E-state index in [1.54, 1.807) is 0 Å². The van der Waals surface area contributed by atoms with E-state index in [0.717, 1.165) is 38.5 Å². The second-order valence-electron chi connectivity index (χ2n) is 7.33. The quantitative estimate of drug-likeness (QED) is 0.786. The predicted octanol–water partition coefficient (Wildman–Crippen LogP) is 1.79. The van der Waals surface area contributed by atoms with Crippen LogP contribution in [0.15, 0.2) is 0 Å². The first kappa shape index (κ1) is 16.1. The normalized spacial score (nSPS) is 32.0. The molecule has 3 aliphatic rings. The summed E-state index contributed by atoms with van der Waals surface area (Å²) in [6.45, 7) is 5.03. The highest BCUT2D eigenvalue weighted by atomic mass is 16.2. The van der Waals surface area contributed by atoms with Gasteiger partial charge in [0.15, 0.2) is 0 Å². The SMILES string of the molecule is CCN(CCNC(=O)NC1C[C@H]2CCC[C@@H](C1)N2C)C1CC1. The molecule has 0 aromatic carbocycles. The van der Waals surface area contributed by atoms with Gasteiger partial charge in [-0.3, -0.25) is 4.90 Å². The third-order valence-corrected chi connectivity index (χ3v) is 5.83. The lowest BCUT2D eigenvalue weighted by molar-refractivity contribution is 0.0509. The molecule has 3 fully saturated rings. The van der Waals surface area contributed by atoms with Crippen molar-refractivity contribution in [2.24, 2.45) is 0 Å². The molecule has 126 valence electrons. The van der Waals surface area contributed by atoms with Crippen LogP contribution in [0.5, 0.6) is 0 Å². The minimum Gasteiger partial charge on any atom is -0.337 e. The first-order chi connectivity index (χ1) is 10.7. The van der Waals surface area contributed by atoms with Crippen LogP contribution >= 0.6 is 0 Å². The topological polar surface area (TPSA) is 47.6 Å². The molecule has 2 aliphatic heterocycles. The standard InChI is InChI=1S/C17H32N4O/c1-3-21(14-7-8-14)10-9-18-17(22)19-13-11-15-5-4-6-16(12-13)20(15)2/h13-16H,3-12H2,1-2H3,(H2,18,19,22)/t13?,15-,16+. The number of carbonyl (C=O) groups excluding carboxylic acids is 1. The Balaban J connectivity index is 1.36. The van der Waals surface area contributed by atoms with E-state index >= 15 is 0 Å². The molecule has 3 atom stereocenters. The number of amides is 2. The summed E-state index contributed by atoms with van der Waals surface area (Å²) in [6.07, 6.45) is 8.83. The van der Waals surface area contributed by atoms with Crippen molar-refractivity contribution >= 4 is 6.03 Å². The molecule has 2 bridgehead atoms. The Kier molecular flexibility index (Phi) is 5.24. The lowest BCUT2D eigenvalue weighted by atomic mass is 9.82. The number of fused-ring (bicyclic) bond motifs is 2. The molecule has 3 rings (SSSR count). The van der Waals surface area contributed by atoms with E-state index < -0.39 is 0 Å². The summed E-state index contributed by atoms with van der Waals surface area (Å²) in [5.41, 5.74) is 0. The molecule has 2 N–H and O–H groups in total. The summed E-state index contributed by atoms with van der Waals surface area (Å²) in [4.78, 5) is 17.1. The second-order valence-corrected chi connectivity index (χ2v) is 7.33. The van der Waals surface area contributed by atoms with Gasteiger partial charge in [0.1, 0.15) is 0 Å². The second kappa shape index (κ2) is 7.18. The van der Waals surface area contributed by atoms with E-state index in [1.807, 2.05) is 0 Å². The summed E-state index contributed by atoms with van der Waals surface area (Å²) in [5.74, 6) is 0. The van der Waals surface area contributed by atoms with E-state index in [0.29, 0.717) is 18.1 Å². The molecule has 2 amide bonds. The van der Waals surface area contributed by atoms with Crippen LogP contribution in [0.25, 0.3) is 0 Å². The third-order valence-electron chi connectivity index (χ3n) is 5.83. The van der Waals surface area contributed by atoms with Crippen LogP contribution in [-0.2, 0) is 0 Å². The van der Waals surface area contributed by atoms with Crippen molar-refractivity contribution in [1.82, 2.24) is 20.4 Å². The maximum absolute atomic E-state index is 12.1. The lowest BCUT2D eigenvalue weighted by Crippen LogP contribution is -2.56. The molecule has 2 saturated heterocycles. The summed E-state index contributed by atoms with van der Waals surface area (Å²) in [5, 5.41) is 6.26. The van der Waals surface area contributed by atoms with Gasteiger partial charge in [-0.05, 0) is 52.1 Å². The molecule has 1 aliphatic carbocycles. The average molecular weight is 308 g/mol. The van der Waals surface area contributed by atoms with Crippen molar-refractivity contribution in [3.05, 3.63) is 0 Å². The van der Waals surface area contributed by atoms with Gasteiger partial charge in [-0.2, -0.15) is 0 Å². The van der Waals surface area contributed by atoms with Gasteiger partial charge in [0, 0.05) is 37.3 Å². The Hall–Kier alpha value is -0.810. The fourth-order valence-electron chi connectivity index (χ4n) is 4.32. The molecule has 0 spiro atoms. The molecule has 5 heteroatoms. The summed E-state index contributed by atoms with van der Waals surface area (Å²) >= 11 is 0. The van der Waals surface area contributed by atoms with Crippen molar-refractivity contribution in [2.45, 2.75) is 76.0 Å². The first-order valence-electron chi connectivity index (χ1n) is 9.17. The number of carbonyl (C=O) groups is 1. The zero-order chi connectivity index (χ0) is 15.5. The van der Waals surface area contributed by atoms with Gasteiger partial charge in [0.05, 0.1) is 0 Å². The van der Waals surface area contributed by atoms with Crippen LogP contribution in [-0.4, -0.2) is 66.7 Å². The van der Waals surface area contributed by atoms with Crippen LogP contribution in [0, 0.1) is 0 Å². The first-order valence-corrected chi connectivity index (χ1v) is 9.17. The maximum atomic E-state index is 12.1. The molecular weight excluding hydrogens is 276 g/mol. The highest BCUT2D eigenvalue weighted by Gasteiger charge is 2.36. The van der Waals surface area contributed by atoms with Crippen LogP contribution in [0.4, 0.5) is 4.79 Å². The monoisotopic (exact) mass is 308 g/mol. The largest absolute Gasteiger partial charge is 0.337 e. The van der Waals surface area contributed by atoms with Crippen LogP contribution in [0.2, 0.25) is 0 Å². The summed E-state index contributed by atoms with van der Waals surface area (Å²) < 4.78 is 0. The highest BCUT2D eigenvalue weighted by Crippen LogP contribution is 2.32. The molecule has 2 heterocycles. The van der Waals surface area contributed by atoms with Crippen LogP contribution in [0.1, 0.15) is 51.9 Å². The fourth-order valence-corrected chi connectivity index (χ4v) is 4.32. The van der Waals surface area contributed by atoms with E-state index in [-0.39, 0.29) is 6.03 Å². The molecule has 5 nitrogen and oxygen atoms in total. The molecule has 0 radical (unpaired) electrons. The Morgan fingerprint density at radius 1 is 1.18 bits per heavy atom. The molecule has 1 unspecified atom stereocenters. The zero-order valence-corrected chi connectivity index (χ0v) is 14.2. The zero-order valence-electron chi connectivity index (χ0n) is 14.2. The van der Waals surface area contributed by atoms with Gasteiger partial charge >= 0.3 is 6.03 Å².